The van der Waals surface area contributed by atoms with Crippen molar-refractivity contribution < 1.29 is 0 Å². The normalized spacial score (nSPS) is 51.6. The maximum Gasteiger partial charge on any atom is -0.0172 e. The minimum absolute atomic E-state index is 0.963. The Labute approximate surface area is 50.6 Å². The third-order valence-electron chi connectivity index (χ3n) is 2.68. The lowest BCUT2D eigenvalue weighted by atomic mass is 10.1. The summed E-state index contributed by atoms with van der Waals surface area (Å²) in [5.41, 5.74) is 1.53. The number of rotatable bonds is 0. The van der Waals surface area contributed by atoms with Crippen LogP contribution in [0.2, 0.25) is 0 Å². The molecule has 0 amide bonds. The van der Waals surface area contributed by atoms with Gasteiger partial charge in [-0.3, -0.25) is 0 Å². The van der Waals surface area contributed by atoms with Crippen molar-refractivity contribution in [1.29, 1.82) is 0 Å². The van der Waals surface area contributed by atoms with Gasteiger partial charge in [-0.2, -0.15) is 0 Å². The van der Waals surface area contributed by atoms with E-state index in [1.54, 1.807) is 0 Å². The molecule has 2 fully saturated rings. The predicted molar refractivity (Wildman–Crippen MR) is 34.5 cm³/mol. The molecule has 0 nitrogen and oxygen atoms in total. The van der Waals surface area contributed by atoms with Crippen molar-refractivity contribution in [3.63, 3.8) is 0 Å². The van der Waals surface area contributed by atoms with Crippen molar-refractivity contribution in [2.45, 2.75) is 19.8 Å². The monoisotopic (exact) mass is 108 g/mol. The summed E-state index contributed by atoms with van der Waals surface area (Å²) in [6.07, 6.45) is 2.77. The van der Waals surface area contributed by atoms with Crippen molar-refractivity contribution >= 4 is 0 Å². The molecule has 2 saturated carbocycles. The molecule has 0 aliphatic heterocycles. The molecule has 0 N–H and O–H groups in total. The van der Waals surface area contributed by atoms with E-state index in [4.69, 9.17) is 0 Å². The Hall–Kier alpha value is -0.260. The minimum Gasteiger partial charge on any atom is -0.0996 e. The summed E-state index contributed by atoms with van der Waals surface area (Å²) >= 11 is 0. The molecule has 0 heterocycles. The van der Waals surface area contributed by atoms with Gasteiger partial charge < -0.3 is 0 Å². The van der Waals surface area contributed by atoms with Gasteiger partial charge in [-0.15, -0.1) is 0 Å². The SMILES string of the molecule is C=C1C[C@H](C)[C@@H]2C[C@H]12. The Bertz CT molecular complexity index is 135. The third-order valence-corrected chi connectivity index (χ3v) is 2.68. The standard InChI is InChI=1S/C8H12/c1-5-3-6(2)8-4-7(5)8/h6-8H,1,3-4H2,2H3/t6-,7+,8-/m0/s1. The highest BCUT2D eigenvalue weighted by Gasteiger charge is 2.48. The molecule has 0 unspecified atom stereocenters. The van der Waals surface area contributed by atoms with Crippen LogP contribution in [0.25, 0.3) is 0 Å². The largest absolute Gasteiger partial charge is 0.0996 e. The van der Waals surface area contributed by atoms with E-state index in [2.05, 4.69) is 13.5 Å². The van der Waals surface area contributed by atoms with E-state index in [9.17, 15) is 0 Å². The van der Waals surface area contributed by atoms with E-state index in [0.29, 0.717) is 0 Å². The van der Waals surface area contributed by atoms with Crippen molar-refractivity contribution in [2.24, 2.45) is 17.8 Å². The van der Waals surface area contributed by atoms with Crippen LogP contribution < -0.4 is 0 Å². The van der Waals surface area contributed by atoms with Gasteiger partial charge in [0.2, 0.25) is 0 Å². The van der Waals surface area contributed by atoms with Gasteiger partial charge in [0.05, 0.1) is 0 Å². The molecule has 0 aromatic carbocycles. The fourth-order valence-electron chi connectivity index (χ4n) is 2.03. The highest BCUT2D eigenvalue weighted by molar-refractivity contribution is 5.20. The maximum atomic E-state index is 4.03. The Morgan fingerprint density at radius 1 is 1.62 bits per heavy atom. The first kappa shape index (κ1) is 4.60. The van der Waals surface area contributed by atoms with Crippen LogP contribution >= 0.6 is 0 Å². The Kier molecular flexibility index (Phi) is 0.677. The molecule has 2 aliphatic carbocycles. The lowest BCUT2D eigenvalue weighted by Gasteiger charge is -2.00. The van der Waals surface area contributed by atoms with E-state index >= 15 is 0 Å². The summed E-state index contributed by atoms with van der Waals surface area (Å²) in [6, 6.07) is 0. The molecule has 44 valence electrons. The highest BCUT2D eigenvalue weighted by atomic mass is 14.5. The minimum atomic E-state index is 0.963. The van der Waals surface area contributed by atoms with Crippen LogP contribution in [0.4, 0.5) is 0 Å². The van der Waals surface area contributed by atoms with E-state index in [0.717, 1.165) is 17.8 Å². The molecule has 0 spiro atoms. The van der Waals surface area contributed by atoms with E-state index < -0.39 is 0 Å². The number of allylic oxidation sites excluding steroid dienone is 1. The second kappa shape index (κ2) is 1.18. The Morgan fingerprint density at radius 2 is 2.38 bits per heavy atom. The van der Waals surface area contributed by atoms with Crippen molar-refractivity contribution in [3.8, 4) is 0 Å². The van der Waals surface area contributed by atoms with Gasteiger partial charge >= 0.3 is 0 Å². The summed E-state index contributed by atoms with van der Waals surface area (Å²) < 4.78 is 0. The molecule has 2 rings (SSSR count). The second-order valence-corrected chi connectivity index (χ2v) is 3.35. The lowest BCUT2D eigenvalue weighted by molar-refractivity contribution is 0.548. The van der Waals surface area contributed by atoms with Crippen molar-refractivity contribution in [2.75, 3.05) is 0 Å². The molecule has 0 saturated heterocycles. The Morgan fingerprint density at radius 3 is 2.50 bits per heavy atom. The predicted octanol–water partition coefficient (Wildman–Crippen LogP) is 2.22. The zero-order valence-corrected chi connectivity index (χ0v) is 5.35. The molecular weight excluding hydrogens is 96.1 g/mol. The van der Waals surface area contributed by atoms with E-state index in [1.807, 2.05) is 0 Å². The quantitative estimate of drug-likeness (QED) is 0.417. The summed E-state index contributed by atoms with van der Waals surface area (Å²) in [4.78, 5) is 0. The molecule has 0 aromatic rings. The van der Waals surface area contributed by atoms with Crippen molar-refractivity contribution in [1.82, 2.24) is 0 Å². The summed E-state index contributed by atoms with van der Waals surface area (Å²) in [5, 5.41) is 0. The van der Waals surface area contributed by atoms with Crippen LogP contribution in [0.3, 0.4) is 0 Å². The summed E-state index contributed by atoms with van der Waals surface area (Å²) in [5.74, 6) is 2.99. The van der Waals surface area contributed by atoms with Gasteiger partial charge in [-0.25, -0.2) is 0 Å². The first-order valence-electron chi connectivity index (χ1n) is 3.46. The number of hydrogen-bond donors (Lipinski definition) is 0. The molecular formula is C8H12. The van der Waals surface area contributed by atoms with Crippen LogP contribution in [0, 0.1) is 17.8 Å². The van der Waals surface area contributed by atoms with E-state index in [-0.39, 0.29) is 0 Å². The highest BCUT2D eigenvalue weighted by Crippen LogP contribution is 2.57. The lowest BCUT2D eigenvalue weighted by Crippen LogP contribution is -1.89. The molecule has 0 bridgehead atoms. The molecule has 3 atom stereocenters. The molecule has 2 aliphatic rings. The first-order chi connectivity index (χ1) is 3.79. The number of fused-ring (bicyclic) bond motifs is 1. The molecule has 0 heteroatoms. The van der Waals surface area contributed by atoms with Gasteiger partial charge in [-0.05, 0) is 30.6 Å². The van der Waals surface area contributed by atoms with Gasteiger partial charge in [0.1, 0.15) is 0 Å². The van der Waals surface area contributed by atoms with Crippen LogP contribution in [0.5, 0.6) is 0 Å². The number of hydrogen-bond acceptors (Lipinski definition) is 0. The topological polar surface area (TPSA) is 0 Å². The average molecular weight is 108 g/mol. The van der Waals surface area contributed by atoms with Gasteiger partial charge in [0.15, 0.2) is 0 Å². The van der Waals surface area contributed by atoms with E-state index in [1.165, 1.54) is 18.4 Å². The van der Waals surface area contributed by atoms with Gasteiger partial charge in [0.25, 0.3) is 0 Å². The average Bonchev–Trinajstić information content (AvgIpc) is 2.35. The summed E-state index contributed by atoms with van der Waals surface area (Å²) in [7, 11) is 0. The smallest absolute Gasteiger partial charge is 0.0172 e. The fourth-order valence-corrected chi connectivity index (χ4v) is 2.03. The maximum absolute atomic E-state index is 4.03. The fraction of sp³-hybridized carbons (Fsp3) is 0.750. The van der Waals surface area contributed by atoms with Crippen molar-refractivity contribution in [3.05, 3.63) is 12.2 Å². The third kappa shape index (κ3) is 0.410. The molecule has 0 aromatic heterocycles. The molecule has 0 radical (unpaired) electrons. The van der Waals surface area contributed by atoms with Crippen LogP contribution in [-0.2, 0) is 0 Å². The summed E-state index contributed by atoms with van der Waals surface area (Å²) in [6.45, 7) is 6.38. The first-order valence-corrected chi connectivity index (χ1v) is 3.46. The van der Waals surface area contributed by atoms with Crippen LogP contribution in [0.1, 0.15) is 19.8 Å². The Balaban J connectivity index is 2.19. The van der Waals surface area contributed by atoms with Gasteiger partial charge in [-0.1, -0.05) is 19.1 Å². The van der Waals surface area contributed by atoms with Crippen LogP contribution in [0.15, 0.2) is 12.2 Å². The van der Waals surface area contributed by atoms with Gasteiger partial charge in [0, 0.05) is 0 Å². The molecule has 8 heavy (non-hydrogen) atoms. The second-order valence-electron chi connectivity index (χ2n) is 3.35. The van der Waals surface area contributed by atoms with Crippen LogP contribution in [-0.4, -0.2) is 0 Å². The zero-order valence-electron chi connectivity index (χ0n) is 5.35. The zero-order chi connectivity index (χ0) is 5.72.